The lowest BCUT2D eigenvalue weighted by Gasteiger charge is -2.14. The molecule has 0 saturated carbocycles. The second-order valence-corrected chi connectivity index (χ2v) is 6.10. The third-order valence-corrected chi connectivity index (χ3v) is 3.72. The van der Waals surface area contributed by atoms with Gasteiger partial charge >= 0.3 is 0 Å². The molecule has 0 bridgehead atoms. The Hall–Kier alpha value is -1.75. The van der Waals surface area contributed by atoms with Gasteiger partial charge in [-0.3, -0.25) is 4.79 Å². The van der Waals surface area contributed by atoms with Crippen molar-refractivity contribution in [3.63, 3.8) is 0 Å². The molecular formula is C15H19N3OS. The first-order valence-electron chi connectivity index (χ1n) is 6.73. The smallest absolute Gasteiger partial charge is 0.265 e. The zero-order chi connectivity index (χ0) is 14.5. The number of carbonyl (C=O) groups is 1. The van der Waals surface area contributed by atoms with E-state index in [-0.39, 0.29) is 11.9 Å². The number of aromatic nitrogens is 2. The molecular weight excluding hydrogens is 270 g/mol. The average molecular weight is 289 g/mol. The predicted octanol–water partition coefficient (Wildman–Crippen LogP) is 3.23. The summed E-state index contributed by atoms with van der Waals surface area (Å²) in [4.78, 5) is 12.5. The van der Waals surface area contributed by atoms with Gasteiger partial charge in [0.05, 0.1) is 12.2 Å². The van der Waals surface area contributed by atoms with E-state index in [0.29, 0.717) is 10.8 Å². The number of benzene rings is 1. The first-order chi connectivity index (χ1) is 9.56. The first-order valence-corrected chi connectivity index (χ1v) is 7.50. The lowest BCUT2D eigenvalue weighted by molar-refractivity contribution is 0.0944. The van der Waals surface area contributed by atoms with Crippen LogP contribution in [0, 0.1) is 5.92 Å². The second kappa shape index (κ2) is 6.61. The van der Waals surface area contributed by atoms with Crippen molar-refractivity contribution in [1.82, 2.24) is 14.9 Å². The minimum absolute atomic E-state index is 0.0299. The summed E-state index contributed by atoms with van der Waals surface area (Å²) in [6.45, 7) is 6.39. The molecule has 20 heavy (non-hydrogen) atoms. The maximum absolute atomic E-state index is 11.9. The molecule has 1 N–H and O–H groups in total. The van der Waals surface area contributed by atoms with Crippen LogP contribution in [0.15, 0.2) is 30.5 Å². The van der Waals surface area contributed by atoms with Crippen molar-refractivity contribution in [2.45, 2.75) is 33.2 Å². The molecule has 106 valence electrons. The van der Waals surface area contributed by atoms with Crippen LogP contribution in [0.5, 0.6) is 0 Å². The van der Waals surface area contributed by atoms with Gasteiger partial charge < -0.3 is 5.32 Å². The monoisotopic (exact) mass is 289 g/mol. The summed E-state index contributed by atoms with van der Waals surface area (Å²) < 4.78 is 3.69. The maximum Gasteiger partial charge on any atom is 0.265 e. The summed E-state index contributed by atoms with van der Waals surface area (Å²) >= 11 is 1.10. The molecule has 1 aromatic heterocycles. The first kappa shape index (κ1) is 14.7. The molecule has 1 amide bonds. The number of hydrogen-bond donors (Lipinski definition) is 1. The standard InChI is InChI=1S/C15H19N3OS/c1-10(2)8-12-4-6-13(7-5-12)11(3)17-15(19)14-9-16-18-20-14/h4-7,9-11H,8H2,1-3H3,(H,17,19). The summed E-state index contributed by atoms with van der Waals surface area (Å²) in [6.07, 6.45) is 2.56. The lowest BCUT2D eigenvalue weighted by Crippen LogP contribution is -2.25. The van der Waals surface area contributed by atoms with Gasteiger partial charge in [0.2, 0.25) is 0 Å². The molecule has 1 heterocycles. The summed E-state index contributed by atoms with van der Waals surface area (Å²) in [5.41, 5.74) is 2.43. The highest BCUT2D eigenvalue weighted by Crippen LogP contribution is 2.16. The van der Waals surface area contributed by atoms with E-state index in [2.05, 4.69) is 53.0 Å². The van der Waals surface area contributed by atoms with Gasteiger partial charge in [-0.15, -0.1) is 5.10 Å². The molecule has 0 aliphatic rings. The summed E-state index contributed by atoms with van der Waals surface area (Å²) in [6, 6.07) is 8.39. The largest absolute Gasteiger partial charge is 0.345 e. The molecule has 1 unspecified atom stereocenters. The van der Waals surface area contributed by atoms with Crippen LogP contribution in [0.1, 0.15) is 47.6 Å². The lowest BCUT2D eigenvalue weighted by atomic mass is 10.00. The van der Waals surface area contributed by atoms with Gasteiger partial charge in [-0.2, -0.15) is 0 Å². The van der Waals surface area contributed by atoms with E-state index in [4.69, 9.17) is 0 Å². The molecule has 0 radical (unpaired) electrons. The molecule has 0 saturated heterocycles. The fourth-order valence-electron chi connectivity index (χ4n) is 2.03. The summed E-state index contributed by atoms with van der Waals surface area (Å²) in [5, 5.41) is 6.62. The number of rotatable bonds is 5. The van der Waals surface area contributed by atoms with Crippen molar-refractivity contribution in [2.75, 3.05) is 0 Å². The Bertz CT molecular complexity index is 549. The van der Waals surface area contributed by atoms with E-state index in [0.717, 1.165) is 23.5 Å². The Labute approximate surface area is 123 Å². The van der Waals surface area contributed by atoms with Crippen LogP contribution in [-0.4, -0.2) is 15.5 Å². The Morgan fingerprint density at radius 3 is 2.50 bits per heavy atom. The van der Waals surface area contributed by atoms with E-state index in [1.807, 2.05) is 6.92 Å². The zero-order valence-electron chi connectivity index (χ0n) is 12.0. The molecule has 5 heteroatoms. The molecule has 4 nitrogen and oxygen atoms in total. The summed E-state index contributed by atoms with van der Waals surface area (Å²) in [5.74, 6) is 0.524. The number of nitrogens with one attached hydrogen (secondary N) is 1. The van der Waals surface area contributed by atoms with Crippen LogP contribution in [0.4, 0.5) is 0 Å². The summed E-state index contributed by atoms with van der Waals surface area (Å²) in [7, 11) is 0. The minimum Gasteiger partial charge on any atom is -0.345 e. The molecule has 0 aliphatic carbocycles. The van der Waals surface area contributed by atoms with Gasteiger partial charge in [0, 0.05) is 0 Å². The number of carbonyl (C=O) groups excluding carboxylic acids is 1. The quantitative estimate of drug-likeness (QED) is 0.919. The van der Waals surface area contributed by atoms with Crippen LogP contribution in [0.2, 0.25) is 0 Å². The van der Waals surface area contributed by atoms with Gasteiger partial charge in [0.15, 0.2) is 0 Å². The maximum atomic E-state index is 11.9. The van der Waals surface area contributed by atoms with E-state index >= 15 is 0 Å². The van der Waals surface area contributed by atoms with Crippen molar-refractivity contribution in [1.29, 1.82) is 0 Å². The van der Waals surface area contributed by atoms with Crippen molar-refractivity contribution >= 4 is 17.4 Å². The number of amides is 1. The van der Waals surface area contributed by atoms with Crippen LogP contribution in [0.3, 0.4) is 0 Å². The van der Waals surface area contributed by atoms with Gasteiger partial charge in [0.1, 0.15) is 4.88 Å². The van der Waals surface area contributed by atoms with Crippen molar-refractivity contribution in [2.24, 2.45) is 5.92 Å². The van der Waals surface area contributed by atoms with Gasteiger partial charge in [0.25, 0.3) is 5.91 Å². The van der Waals surface area contributed by atoms with Gasteiger partial charge in [-0.25, -0.2) is 0 Å². The normalized spacial score (nSPS) is 12.4. The van der Waals surface area contributed by atoms with Crippen LogP contribution >= 0.6 is 11.5 Å². The van der Waals surface area contributed by atoms with Crippen LogP contribution < -0.4 is 5.32 Å². The highest BCUT2D eigenvalue weighted by molar-refractivity contribution is 7.07. The molecule has 1 aromatic carbocycles. The molecule has 0 spiro atoms. The molecule has 0 fully saturated rings. The van der Waals surface area contributed by atoms with Crippen molar-refractivity contribution in [3.8, 4) is 0 Å². The topological polar surface area (TPSA) is 54.9 Å². The Balaban J connectivity index is 1.98. The zero-order valence-corrected chi connectivity index (χ0v) is 12.8. The fraction of sp³-hybridized carbons (Fsp3) is 0.400. The second-order valence-electron chi connectivity index (χ2n) is 5.32. The fourth-order valence-corrected chi connectivity index (χ4v) is 2.45. The Morgan fingerprint density at radius 2 is 1.95 bits per heavy atom. The predicted molar refractivity (Wildman–Crippen MR) is 80.8 cm³/mol. The minimum atomic E-state index is -0.126. The van der Waals surface area contributed by atoms with Crippen LogP contribution in [0.25, 0.3) is 0 Å². The SMILES string of the molecule is CC(C)Cc1ccc(C(C)NC(=O)c2cnns2)cc1. The third-order valence-electron chi connectivity index (χ3n) is 3.06. The number of nitrogens with zero attached hydrogens (tertiary/aromatic N) is 2. The van der Waals surface area contributed by atoms with E-state index in [1.165, 1.54) is 11.8 Å². The molecule has 0 aliphatic heterocycles. The van der Waals surface area contributed by atoms with Crippen molar-refractivity contribution in [3.05, 3.63) is 46.5 Å². The highest BCUT2D eigenvalue weighted by atomic mass is 32.1. The average Bonchev–Trinajstić information content (AvgIpc) is 2.92. The highest BCUT2D eigenvalue weighted by Gasteiger charge is 2.13. The molecule has 2 aromatic rings. The Morgan fingerprint density at radius 1 is 1.25 bits per heavy atom. The molecule has 1 atom stereocenters. The van der Waals surface area contributed by atoms with E-state index in [1.54, 1.807) is 0 Å². The van der Waals surface area contributed by atoms with E-state index < -0.39 is 0 Å². The van der Waals surface area contributed by atoms with E-state index in [9.17, 15) is 4.79 Å². The number of hydrogen-bond acceptors (Lipinski definition) is 4. The Kier molecular flexibility index (Phi) is 4.84. The van der Waals surface area contributed by atoms with Gasteiger partial charge in [-0.05, 0) is 41.9 Å². The van der Waals surface area contributed by atoms with Crippen molar-refractivity contribution < 1.29 is 4.79 Å². The van der Waals surface area contributed by atoms with Gasteiger partial charge in [-0.1, -0.05) is 42.6 Å². The molecule has 2 rings (SSSR count). The third kappa shape index (κ3) is 3.87. The van der Waals surface area contributed by atoms with Crippen LogP contribution in [-0.2, 0) is 6.42 Å².